The molecule has 22 heavy (non-hydrogen) atoms. The maximum absolute atomic E-state index is 13.3. The topological polar surface area (TPSA) is 51.0 Å². The molecule has 2 aromatic rings. The van der Waals surface area contributed by atoms with Crippen molar-refractivity contribution >= 4 is 11.6 Å². The third-order valence-corrected chi connectivity index (χ3v) is 3.45. The van der Waals surface area contributed by atoms with E-state index in [4.69, 9.17) is 0 Å². The summed E-state index contributed by atoms with van der Waals surface area (Å²) in [4.78, 5) is 17.9. The summed E-state index contributed by atoms with van der Waals surface area (Å²) in [6.45, 7) is 7.86. The fourth-order valence-corrected chi connectivity index (χ4v) is 2.13. The van der Waals surface area contributed by atoms with Crippen molar-refractivity contribution in [1.29, 1.82) is 0 Å². The van der Waals surface area contributed by atoms with E-state index in [-0.39, 0.29) is 5.91 Å². The van der Waals surface area contributed by atoms with Crippen LogP contribution in [0.15, 0.2) is 36.3 Å². The standard InChI is InChI=1S/C16H19FN4O/c1-5-11(3)16(22)20(6-2)15-10-21(19-12(15)4)14-7-13(17)8-18-9-14/h5,7-10H,6H2,1-4H3/b11-5-. The molecule has 0 spiro atoms. The van der Waals surface area contributed by atoms with Crippen molar-refractivity contribution in [3.05, 3.63) is 47.8 Å². The van der Waals surface area contributed by atoms with Gasteiger partial charge in [-0.3, -0.25) is 9.78 Å². The predicted octanol–water partition coefficient (Wildman–Crippen LogP) is 3.03. The number of allylic oxidation sites excluding steroid dienone is 1. The molecule has 2 heterocycles. The minimum Gasteiger partial charge on any atom is -0.306 e. The first-order valence-electron chi connectivity index (χ1n) is 7.09. The first kappa shape index (κ1) is 15.9. The van der Waals surface area contributed by atoms with E-state index in [1.807, 2.05) is 20.8 Å². The maximum atomic E-state index is 13.3. The smallest absolute Gasteiger partial charge is 0.253 e. The lowest BCUT2D eigenvalue weighted by Gasteiger charge is -2.20. The van der Waals surface area contributed by atoms with Crippen molar-refractivity contribution in [3.8, 4) is 5.69 Å². The molecule has 0 aliphatic carbocycles. The molecular formula is C16H19FN4O. The lowest BCUT2D eigenvalue weighted by Crippen LogP contribution is -2.31. The first-order valence-corrected chi connectivity index (χ1v) is 7.09. The molecule has 6 heteroatoms. The number of likely N-dealkylation sites (N-methyl/N-ethyl adjacent to an activating group) is 1. The Bertz CT molecular complexity index is 721. The molecule has 0 aliphatic rings. The van der Waals surface area contributed by atoms with Gasteiger partial charge >= 0.3 is 0 Å². The van der Waals surface area contributed by atoms with Crippen LogP contribution in [0.4, 0.5) is 10.1 Å². The van der Waals surface area contributed by atoms with Crippen LogP contribution in [0.25, 0.3) is 5.69 Å². The minimum absolute atomic E-state index is 0.0648. The van der Waals surface area contributed by atoms with E-state index in [0.29, 0.717) is 29.2 Å². The van der Waals surface area contributed by atoms with Crippen LogP contribution in [0.5, 0.6) is 0 Å². The first-order chi connectivity index (χ1) is 10.5. The number of nitrogens with zero attached hydrogens (tertiary/aromatic N) is 4. The molecular weight excluding hydrogens is 283 g/mol. The number of halogens is 1. The Morgan fingerprint density at radius 1 is 1.45 bits per heavy atom. The Kier molecular flexibility index (Phi) is 4.70. The Morgan fingerprint density at radius 2 is 2.18 bits per heavy atom. The molecule has 0 N–H and O–H groups in total. The van der Waals surface area contributed by atoms with E-state index in [1.165, 1.54) is 16.9 Å². The van der Waals surface area contributed by atoms with Crippen molar-refractivity contribution in [3.63, 3.8) is 0 Å². The summed E-state index contributed by atoms with van der Waals surface area (Å²) in [5.41, 5.74) is 2.59. The second-order valence-electron chi connectivity index (χ2n) is 4.93. The molecule has 2 aromatic heterocycles. The summed E-state index contributed by atoms with van der Waals surface area (Å²) < 4.78 is 14.8. The Labute approximate surface area is 129 Å². The molecule has 0 bridgehead atoms. The van der Waals surface area contributed by atoms with E-state index in [1.54, 1.807) is 24.1 Å². The zero-order chi connectivity index (χ0) is 16.3. The van der Waals surface area contributed by atoms with Crippen molar-refractivity contribution in [2.75, 3.05) is 11.4 Å². The summed E-state index contributed by atoms with van der Waals surface area (Å²) in [5.74, 6) is -0.495. The molecule has 0 fully saturated rings. The number of pyridine rings is 1. The number of carbonyl (C=O) groups is 1. The molecule has 0 radical (unpaired) electrons. The van der Waals surface area contributed by atoms with Crippen LogP contribution in [0.1, 0.15) is 26.5 Å². The number of hydrogen-bond acceptors (Lipinski definition) is 3. The number of rotatable bonds is 4. The predicted molar refractivity (Wildman–Crippen MR) is 83.5 cm³/mol. The molecule has 1 amide bonds. The van der Waals surface area contributed by atoms with E-state index >= 15 is 0 Å². The minimum atomic E-state index is -0.430. The van der Waals surface area contributed by atoms with Gasteiger partial charge in [-0.05, 0) is 27.7 Å². The van der Waals surface area contributed by atoms with E-state index < -0.39 is 5.82 Å². The number of amides is 1. The average Bonchev–Trinajstić information content (AvgIpc) is 2.89. The number of aromatic nitrogens is 3. The maximum Gasteiger partial charge on any atom is 0.253 e. The van der Waals surface area contributed by atoms with Crippen LogP contribution >= 0.6 is 0 Å². The second kappa shape index (κ2) is 6.51. The van der Waals surface area contributed by atoms with E-state index in [9.17, 15) is 9.18 Å². The molecule has 0 saturated heterocycles. The van der Waals surface area contributed by atoms with E-state index in [2.05, 4.69) is 10.1 Å². The van der Waals surface area contributed by atoms with Gasteiger partial charge in [0, 0.05) is 18.2 Å². The van der Waals surface area contributed by atoms with Gasteiger partial charge in [0.2, 0.25) is 0 Å². The van der Waals surface area contributed by atoms with E-state index in [0.717, 1.165) is 6.20 Å². The van der Waals surface area contributed by atoms with Gasteiger partial charge in [-0.2, -0.15) is 5.10 Å². The van der Waals surface area contributed by atoms with Gasteiger partial charge in [0.15, 0.2) is 0 Å². The molecule has 0 saturated carbocycles. The highest BCUT2D eigenvalue weighted by Crippen LogP contribution is 2.22. The average molecular weight is 302 g/mol. The molecule has 116 valence electrons. The highest BCUT2D eigenvalue weighted by Gasteiger charge is 2.20. The van der Waals surface area contributed by atoms with Gasteiger partial charge in [0.1, 0.15) is 5.82 Å². The van der Waals surface area contributed by atoms with Gasteiger partial charge < -0.3 is 4.90 Å². The van der Waals surface area contributed by atoms with Crippen molar-refractivity contribution in [1.82, 2.24) is 14.8 Å². The lowest BCUT2D eigenvalue weighted by atomic mass is 10.2. The summed E-state index contributed by atoms with van der Waals surface area (Å²) in [5, 5.41) is 4.36. The SMILES string of the molecule is C/C=C(/C)C(=O)N(CC)c1cn(-c2cncc(F)c2)nc1C. The van der Waals surface area contributed by atoms with Crippen molar-refractivity contribution in [2.45, 2.75) is 27.7 Å². The molecule has 0 aromatic carbocycles. The Balaban J connectivity index is 2.42. The van der Waals surface area contributed by atoms with Gasteiger partial charge in [-0.1, -0.05) is 6.08 Å². The summed E-state index contributed by atoms with van der Waals surface area (Å²) in [6.07, 6.45) is 6.16. The molecule has 0 atom stereocenters. The lowest BCUT2D eigenvalue weighted by molar-refractivity contribution is -0.115. The van der Waals surface area contributed by atoms with Gasteiger partial charge in [-0.15, -0.1) is 0 Å². The Hall–Kier alpha value is -2.50. The zero-order valence-corrected chi connectivity index (χ0v) is 13.2. The molecule has 2 rings (SSSR count). The quantitative estimate of drug-likeness (QED) is 0.816. The van der Waals surface area contributed by atoms with Crippen LogP contribution in [-0.2, 0) is 4.79 Å². The van der Waals surface area contributed by atoms with Crippen LogP contribution in [0, 0.1) is 12.7 Å². The number of hydrogen-bond donors (Lipinski definition) is 0. The number of carbonyl (C=O) groups excluding carboxylic acids is 1. The molecule has 0 unspecified atom stereocenters. The second-order valence-corrected chi connectivity index (χ2v) is 4.93. The highest BCUT2D eigenvalue weighted by atomic mass is 19.1. The Morgan fingerprint density at radius 3 is 2.77 bits per heavy atom. The third-order valence-electron chi connectivity index (χ3n) is 3.45. The number of aryl methyl sites for hydroxylation is 1. The van der Waals surface area contributed by atoms with Gasteiger partial charge in [0.05, 0.1) is 35.7 Å². The zero-order valence-electron chi connectivity index (χ0n) is 13.2. The third kappa shape index (κ3) is 3.05. The highest BCUT2D eigenvalue weighted by molar-refractivity contribution is 6.05. The summed E-state index contributed by atoms with van der Waals surface area (Å²) in [6, 6.07) is 1.35. The van der Waals surface area contributed by atoms with Crippen molar-refractivity contribution < 1.29 is 9.18 Å². The van der Waals surface area contributed by atoms with Crippen molar-refractivity contribution in [2.24, 2.45) is 0 Å². The van der Waals surface area contributed by atoms with Crippen LogP contribution in [0.3, 0.4) is 0 Å². The van der Waals surface area contributed by atoms with Gasteiger partial charge in [0.25, 0.3) is 5.91 Å². The largest absolute Gasteiger partial charge is 0.306 e. The summed E-state index contributed by atoms with van der Waals surface area (Å²) >= 11 is 0. The fraction of sp³-hybridized carbons (Fsp3) is 0.312. The summed E-state index contributed by atoms with van der Waals surface area (Å²) in [7, 11) is 0. The van der Waals surface area contributed by atoms with Crippen LogP contribution < -0.4 is 4.90 Å². The fourth-order valence-electron chi connectivity index (χ4n) is 2.13. The number of anilines is 1. The van der Waals surface area contributed by atoms with Gasteiger partial charge in [-0.25, -0.2) is 9.07 Å². The monoisotopic (exact) mass is 302 g/mol. The normalized spacial score (nSPS) is 11.6. The van der Waals surface area contributed by atoms with Crippen LogP contribution in [-0.4, -0.2) is 27.2 Å². The van der Waals surface area contributed by atoms with Crippen LogP contribution in [0.2, 0.25) is 0 Å². The molecule has 0 aliphatic heterocycles. The molecule has 5 nitrogen and oxygen atoms in total.